The average molecular weight is 681 g/mol. The second-order valence-corrected chi connectivity index (χ2v) is 14.9. The van der Waals surface area contributed by atoms with Gasteiger partial charge >= 0.3 is 17.9 Å². The first-order chi connectivity index (χ1) is 22.6. The van der Waals surface area contributed by atoms with Gasteiger partial charge in [0, 0.05) is 23.2 Å². The molecule has 1 N–H and O–H groups in total. The number of Topliss-reactive ketones (excluding diaryl/α,β-unsaturated/α-hetero) is 1. The van der Waals surface area contributed by atoms with E-state index in [1.807, 2.05) is 20.8 Å². The smallest absolute Gasteiger partial charge is 0.309 e. The predicted molar refractivity (Wildman–Crippen MR) is 173 cm³/mol. The summed E-state index contributed by atoms with van der Waals surface area (Å²) in [6, 6.07) is 0. The van der Waals surface area contributed by atoms with Gasteiger partial charge in [-0.15, -0.1) is 0 Å². The number of carbonyl (C=O) groups excluding carboxylic acids is 4. The van der Waals surface area contributed by atoms with Crippen molar-refractivity contribution in [2.45, 2.75) is 123 Å². The molecule has 4 aliphatic rings. The van der Waals surface area contributed by atoms with Crippen LogP contribution in [-0.2, 0) is 38.1 Å². The van der Waals surface area contributed by atoms with Crippen molar-refractivity contribution in [1.82, 2.24) is 0 Å². The van der Waals surface area contributed by atoms with Gasteiger partial charge in [-0.25, -0.2) is 8.78 Å². The molecule has 1 aliphatic heterocycles. The van der Waals surface area contributed by atoms with Crippen molar-refractivity contribution < 1.29 is 52.0 Å². The van der Waals surface area contributed by atoms with Crippen molar-refractivity contribution in [2.75, 3.05) is 26.4 Å². The van der Waals surface area contributed by atoms with Gasteiger partial charge in [-0.3, -0.25) is 19.2 Å². The Bertz CT molecular complexity index is 1280. The molecule has 9 nitrogen and oxygen atoms in total. The van der Waals surface area contributed by atoms with Crippen molar-refractivity contribution in [3.05, 3.63) is 23.8 Å². The maximum Gasteiger partial charge on any atom is 0.309 e. The number of aliphatic hydroxyl groups excluding tert-OH is 1. The van der Waals surface area contributed by atoms with Crippen LogP contribution < -0.4 is 0 Å². The molecule has 0 saturated heterocycles. The maximum absolute atomic E-state index is 17.8. The molecule has 0 aromatic carbocycles. The molecule has 10 unspecified atom stereocenters. The molecule has 270 valence electrons. The standard InChI is InChI=1S/C37H54F2O9/c1-7-9-11-31(42)48-36(30(41)22-46-32(43)18-24(4)33(44)47-21-23(3)8-2)15-12-25-27-19-28(38)26-13-17-45-16-10-14-34(26,5)37(27,39)29(40)20-35(25,36)6/h10,13-14,23-25,27-29,40H,7-9,11-12,15-22H2,1-6H3. The van der Waals surface area contributed by atoms with Crippen LogP contribution in [0.1, 0.15) is 99.3 Å². The van der Waals surface area contributed by atoms with Crippen LogP contribution in [0.5, 0.6) is 0 Å². The molecule has 0 aromatic rings. The summed E-state index contributed by atoms with van der Waals surface area (Å²) < 4.78 is 56.1. The molecule has 11 heteroatoms. The number of halogens is 2. The van der Waals surface area contributed by atoms with E-state index < -0.39 is 82.4 Å². The topological polar surface area (TPSA) is 125 Å². The van der Waals surface area contributed by atoms with Crippen molar-refractivity contribution in [3.63, 3.8) is 0 Å². The lowest BCUT2D eigenvalue weighted by Crippen LogP contribution is -2.70. The van der Waals surface area contributed by atoms with E-state index in [-0.39, 0.29) is 69.8 Å². The Hall–Kier alpha value is -2.66. The predicted octanol–water partition coefficient (Wildman–Crippen LogP) is 5.95. The molecular weight excluding hydrogens is 626 g/mol. The van der Waals surface area contributed by atoms with E-state index in [1.54, 1.807) is 32.1 Å². The largest absolute Gasteiger partial charge is 0.465 e. The number of esters is 3. The summed E-state index contributed by atoms with van der Waals surface area (Å²) in [5.41, 5.74) is -6.61. The number of ketones is 1. The highest BCUT2D eigenvalue weighted by Crippen LogP contribution is 2.70. The van der Waals surface area contributed by atoms with E-state index in [0.29, 0.717) is 12.8 Å². The van der Waals surface area contributed by atoms with Crippen molar-refractivity contribution >= 4 is 23.7 Å². The normalized spacial score (nSPS) is 37.0. The zero-order valence-corrected chi connectivity index (χ0v) is 29.4. The van der Waals surface area contributed by atoms with Crippen LogP contribution >= 0.6 is 0 Å². The van der Waals surface area contributed by atoms with E-state index >= 15 is 8.78 Å². The Morgan fingerprint density at radius 1 is 1.08 bits per heavy atom. The van der Waals surface area contributed by atoms with E-state index in [2.05, 4.69) is 0 Å². The van der Waals surface area contributed by atoms with Crippen LogP contribution in [0.3, 0.4) is 0 Å². The van der Waals surface area contributed by atoms with Gasteiger partial charge in [0.2, 0.25) is 5.78 Å². The molecule has 0 spiro atoms. The molecule has 10 atom stereocenters. The summed E-state index contributed by atoms with van der Waals surface area (Å²) >= 11 is 0. The van der Waals surface area contributed by atoms with Crippen molar-refractivity contribution in [2.24, 2.45) is 34.5 Å². The third kappa shape index (κ3) is 6.74. The van der Waals surface area contributed by atoms with Crippen LogP contribution in [0.2, 0.25) is 0 Å². The van der Waals surface area contributed by atoms with Gasteiger partial charge in [-0.05, 0) is 56.4 Å². The molecule has 0 amide bonds. The summed E-state index contributed by atoms with van der Waals surface area (Å²) in [5, 5.41) is 11.8. The first-order valence-corrected chi connectivity index (χ1v) is 17.7. The first-order valence-electron chi connectivity index (χ1n) is 17.7. The highest BCUT2D eigenvalue weighted by atomic mass is 19.1. The number of hydrogen-bond donors (Lipinski definition) is 1. The zero-order chi connectivity index (χ0) is 35.5. The molecular formula is C37H54F2O9. The number of ether oxygens (including phenoxy) is 4. The van der Waals surface area contributed by atoms with Crippen LogP contribution in [0.15, 0.2) is 23.8 Å². The fraction of sp³-hybridized carbons (Fsp3) is 0.784. The summed E-state index contributed by atoms with van der Waals surface area (Å²) in [5.74, 6) is -4.89. The van der Waals surface area contributed by atoms with Crippen LogP contribution in [-0.4, -0.2) is 78.8 Å². The molecule has 48 heavy (non-hydrogen) atoms. The minimum Gasteiger partial charge on any atom is -0.465 e. The molecule has 1 heterocycles. The molecule has 4 rings (SSSR count). The second-order valence-electron chi connectivity index (χ2n) is 14.9. The lowest BCUT2D eigenvalue weighted by Gasteiger charge is -2.63. The molecule has 3 aliphatic carbocycles. The average Bonchev–Trinajstić information content (AvgIpc) is 3.32. The Kier molecular flexibility index (Phi) is 12.0. The van der Waals surface area contributed by atoms with Gasteiger partial charge in [0.15, 0.2) is 17.9 Å². The monoisotopic (exact) mass is 680 g/mol. The Balaban J connectivity index is 1.61. The molecule has 0 bridgehead atoms. The number of allylic oxidation sites excluding steroid dienone is 2. The number of alkyl halides is 2. The lowest BCUT2D eigenvalue weighted by atomic mass is 9.44. The van der Waals surface area contributed by atoms with Crippen LogP contribution in [0.4, 0.5) is 8.78 Å². The van der Waals surface area contributed by atoms with E-state index in [9.17, 15) is 24.3 Å². The highest BCUT2D eigenvalue weighted by Gasteiger charge is 2.76. The fourth-order valence-corrected chi connectivity index (χ4v) is 8.80. The van der Waals surface area contributed by atoms with Gasteiger partial charge < -0.3 is 24.1 Å². The van der Waals surface area contributed by atoms with Crippen molar-refractivity contribution in [1.29, 1.82) is 0 Å². The third-order valence-corrected chi connectivity index (χ3v) is 11.9. The van der Waals surface area contributed by atoms with Gasteiger partial charge in [0.1, 0.15) is 6.17 Å². The number of carbonyl (C=O) groups is 4. The molecule has 0 aromatic heterocycles. The van der Waals surface area contributed by atoms with Gasteiger partial charge in [0.05, 0.1) is 38.3 Å². The lowest BCUT2D eigenvalue weighted by molar-refractivity contribution is -0.229. The second kappa shape index (κ2) is 15.1. The SMILES string of the molecule is CCCCC(=O)OC1(C(=O)COC(=O)CC(C)C(=O)OCC(C)CC)CCC2C3CC(F)C4=CCOCC=CC4(C)C3(F)C(O)CC21C. The van der Waals surface area contributed by atoms with E-state index in [0.717, 1.165) is 6.42 Å². The third-order valence-electron chi connectivity index (χ3n) is 11.9. The van der Waals surface area contributed by atoms with E-state index in [1.165, 1.54) is 6.92 Å². The zero-order valence-electron chi connectivity index (χ0n) is 29.4. The minimum absolute atomic E-state index is 0.0140. The summed E-state index contributed by atoms with van der Waals surface area (Å²) in [4.78, 5) is 52.6. The number of unbranched alkanes of at least 4 members (excludes halogenated alkanes) is 1. The van der Waals surface area contributed by atoms with Gasteiger partial charge in [-0.1, -0.05) is 65.7 Å². The first kappa shape index (κ1) is 38.1. The Morgan fingerprint density at radius 2 is 1.81 bits per heavy atom. The number of fused-ring (bicyclic) bond motifs is 5. The minimum atomic E-state index is -2.27. The summed E-state index contributed by atoms with van der Waals surface area (Å²) in [6.45, 7) is 10.5. The highest BCUT2D eigenvalue weighted by molar-refractivity contribution is 5.93. The molecule has 3 fully saturated rings. The summed E-state index contributed by atoms with van der Waals surface area (Å²) in [6.07, 6.45) is 3.31. The fourth-order valence-electron chi connectivity index (χ4n) is 8.80. The number of hydrogen-bond acceptors (Lipinski definition) is 9. The van der Waals surface area contributed by atoms with Gasteiger partial charge in [0.25, 0.3) is 0 Å². The van der Waals surface area contributed by atoms with E-state index in [4.69, 9.17) is 18.9 Å². The summed E-state index contributed by atoms with van der Waals surface area (Å²) in [7, 11) is 0. The van der Waals surface area contributed by atoms with Gasteiger partial charge in [-0.2, -0.15) is 0 Å². The number of rotatable bonds is 13. The molecule has 0 radical (unpaired) electrons. The maximum atomic E-state index is 17.8. The Morgan fingerprint density at radius 3 is 2.50 bits per heavy atom. The van der Waals surface area contributed by atoms with Crippen LogP contribution in [0.25, 0.3) is 0 Å². The Labute approximate surface area is 283 Å². The molecule has 3 saturated carbocycles. The van der Waals surface area contributed by atoms with Crippen LogP contribution in [0, 0.1) is 34.5 Å². The number of aliphatic hydroxyl groups is 1. The quantitative estimate of drug-likeness (QED) is 0.143. The van der Waals surface area contributed by atoms with Crippen molar-refractivity contribution in [3.8, 4) is 0 Å².